The normalized spacial score (nSPS) is 17.7. The fourth-order valence-corrected chi connectivity index (χ4v) is 2.51. The smallest absolute Gasteiger partial charge is 0.201 e. The van der Waals surface area contributed by atoms with Gasteiger partial charge in [0.15, 0.2) is 11.6 Å². The number of halogens is 2. The Morgan fingerprint density at radius 1 is 1.11 bits per heavy atom. The Kier molecular flexibility index (Phi) is 2.97. The molecule has 1 nitrogen and oxygen atoms in total. The van der Waals surface area contributed by atoms with E-state index in [9.17, 15) is 8.78 Å². The molecule has 0 saturated heterocycles. The van der Waals surface area contributed by atoms with Crippen LogP contribution in [0.15, 0.2) is 36.4 Å². The minimum absolute atomic E-state index is 0.0724. The van der Waals surface area contributed by atoms with Crippen LogP contribution < -0.4 is 4.74 Å². The third kappa shape index (κ3) is 2.09. The summed E-state index contributed by atoms with van der Waals surface area (Å²) in [6.07, 6.45) is 1.28. The molecule has 2 aromatic carbocycles. The molecule has 1 heterocycles. The summed E-state index contributed by atoms with van der Waals surface area (Å²) in [6, 6.07) is 11.3. The first-order valence-electron chi connectivity index (χ1n) is 6.36. The molecule has 1 aliphatic rings. The molecule has 0 bridgehead atoms. The van der Waals surface area contributed by atoms with Gasteiger partial charge < -0.3 is 4.74 Å². The largest absolute Gasteiger partial charge is 0.482 e. The van der Waals surface area contributed by atoms with E-state index in [-0.39, 0.29) is 11.9 Å². The van der Waals surface area contributed by atoms with E-state index in [0.29, 0.717) is 12.0 Å². The molecule has 0 radical (unpaired) electrons. The monoisotopic (exact) mass is 260 g/mol. The third-order valence-corrected chi connectivity index (χ3v) is 3.53. The molecule has 1 atom stereocenters. The first kappa shape index (κ1) is 12.2. The van der Waals surface area contributed by atoms with Crippen LogP contribution in [0.2, 0.25) is 0 Å². The molecule has 98 valence electrons. The van der Waals surface area contributed by atoms with Gasteiger partial charge in [0, 0.05) is 0 Å². The van der Waals surface area contributed by atoms with Gasteiger partial charge in [-0.15, -0.1) is 0 Å². The zero-order valence-corrected chi connectivity index (χ0v) is 10.6. The number of aryl methyl sites for hydroxylation is 2. The lowest BCUT2D eigenvalue weighted by atomic mass is 9.96. The van der Waals surface area contributed by atoms with E-state index >= 15 is 0 Å². The lowest BCUT2D eigenvalue weighted by Gasteiger charge is -2.27. The molecule has 2 aromatic rings. The molecule has 0 saturated carbocycles. The fourth-order valence-electron chi connectivity index (χ4n) is 2.51. The van der Waals surface area contributed by atoms with Crippen LogP contribution in [0.25, 0.3) is 0 Å². The molecule has 0 amide bonds. The third-order valence-electron chi connectivity index (χ3n) is 3.53. The second kappa shape index (κ2) is 4.65. The van der Waals surface area contributed by atoms with Crippen LogP contribution in [0.4, 0.5) is 8.78 Å². The van der Waals surface area contributed by atoms with E-state index in [1.54, 1.807) is 13.0 Å². The summed E-state index contributed by atoms with van der Waals surface area (Å²) in [5.74, 6) is -1.61. The van der Waals surface area contributed by atoms with E-state index in [0.717, 1.165) is 17.5 Å². The Hall–Kier alpha value is -1.90. The van der Waals surface area contributed by atoms with Crippen molar-refractivity contribution in [1.29, 1.82) is 0 Å². The Morgan fingerprint density at radius 3 is 2.58 bits per heavy atom. The minimum atomic E-state index is -0.865. The molecule has 0 fully saturated rings. The quantitative estimate of drug-likeness (QED) is 0.741. The lowest BCUT2D eigenvalue weighted by molar-refractivity contribution is 0.165. The summed E-state index contributed by atoms with van der Waals surface area (Å²) in [4.78, 5) is 0. The van der Waals surface area contributed by atoms with Crippen LogP contribution in [0.5, 0.6) is 5.75 Å². The van der Waals surface area contributed by atoms with Crippen LogP contribution in [0.1, 0.15) is 29.2 Å². The fraction of sp³-hybridized carbons (Fsp3) is 0.250. The van der Waals surface area contributed by atoms with Gasteiger partial charge in [0.05, 0.1) is 0 Å². The molecule has 0 aliphatic carbocycles. The Bertz CT molecular complexity index is 608. The van der Waals surface area contributed by atoms with Crippen molar-refractivity contribution in [2.75, 3.05) is 0 Å². The average molecular weight is 260 g/mol. The Morgan fingerprint density at radius 2 is 1.84 bits per heavy atom. The van der Waals surface area contributed by atoms with Gasteiger partial charge in [-0.3, -0.25) is 0 Å². The van der Waals surface area contributed by atoms with Gasteiger partial charge in [-0.05, 0) is 42.5 Å². The van der Waals surface area contributed by atoms with Crippen molar-refractivity contribution in [3.8, 4) is 5.75 Å². The van der Waals surface area contributed by atoms with E-state index < -0.39 is 11.6 Å². The number of hydrogen-bond donors (Lipinski definition) is 0. The van der Waals surface area contributed by atoms with E-state index in [1.807, 2.05) is 30.3 Å². The first-order chi connectivity index (χ1) is 9.16. The number of hydrogen-bond acceptors (Lipinski definition) is 1. The maximum atomic E-state index is 13.9. The SMILES string of the molecule is Cc1cc2c(c(F)c1F)OC(c1ccccc1)CC2. The van der Waals surface area contributed by atoms with Gasteiger partial charge in [0.1, 0.15) is 6.10 Å². The van der Waals surface area contributed by atoms with Crippen molar-refractivity contribution in [2.24, 2.45) is 0 Å². The summed E-state index contributed by atoms with van der Waals surface area (Å²) < 4.78 is 33.2. The van der Waals surface area contributed by atoms with Gasteiger partial charge in [0.25, 0.3) is 0 Å². The van der Waals surface area contributed by atoms with Gasteiger partial charge in [-0.2, -0.15) is 4.39 Å². The summed E-state index contributed by atoms with van der Waals surface area (Å²) in [7, 11) is 0. The maximum absolute atomic E-state index is 13.9. The van der Waals surface area contributed by atoms with Crippen LogP contribution in [-0.2, 0) is 6.42 Å². The second-order valence-electron chi connectivity index (χ2n) is 4.87. The van der Waals surface area contributed by atoms with Crippen molar-refractivity contribution < 1.29 is 13.5 Å². The summed E-state index contributed by atoms with van der Waals surface area (Å²) in [6.45, 7) is 1.57. The number of rotatable bonds is 1. The van der Waals surface area contributed by atoms with Gasteiger partial charge >= 0.3 is 0 Å². The number of fused-ring (bicyclic) bond motifs is 1. The van der Waals surface area contributed by atoms with Crippen LogP contribution in [0.3, 0.4) is 0 Å². The molecule has 3 heteroatoms. The van der Waals surface area contributed by atoms with Gasteiger partial charge in [-0.1, -0.05) is 30.3 Å². The molecule has 1 aliphatic heterocycles. The predicted octanol–water partition coefficient (Wildman–Crippen LogP) is 4.34. The molecule has 3 rings (SSSR count). The minimum Gasteiger partial charge on any atom is -0.482 e. The highest BCUT2D eigenvalue weighted by molar-refractivity contribution is 5.41. The molecule has 19 heavy (non-hydrogen) atoms. The van der Waals surface area contributed by atoms with Crippen molar-refractivity contribution in [3.63, 3.8) is 0 Å². The molecule has 0 spiro atoms. The van der Waals surface area contributed by atoms with Crippen LogP contribution in [-0.4, -0.2) is 0 Å². The van der Waals surface area contributed by atoms with Crippen molar-refractivity contribution >= 4 is 0 Å². The molecule has 1 unspecified atom stereocenters. The lowest BCUT2D eigenvalue weighted by Crippen LogP contribution is -2.17. The number of ether oxygens (including phenoxy) is 1. The zero-order valence-electron chi connectivity index (χ0n) is 10.6. The standard InChI is InChI=1S/C16H14F2O/c1-10-9-12-7-8-13(11-5-3-2-4-6-11)19-16(12)15(18)14(10)17/h2-6,9,13H,7-8H2,1H3. The first-order valence-corrected chi connectivity index (χ1v) is 6.36. The van der Waals surface area contributed by atoms with Gasteiger partial charge in [-0.25, -0.2) is 4.39 Å². The highest BCUT2D eigenvalue weighted by atomic mass is 19.2. The van der Waals surface area contributed by atoms with Gasteiger partial charge in [0.2, 0.25) is 5.82 Å². The van der Waals surface area contributed by atoms with Crippen molar-refractivity contribution in [2.45, 2.75) is 25.9 Å². The topological polar surface area (TPSA) is 9.23 Å². The van der Waals surface area contributed by atoms with E-state index in [2.05, 4.69) is 0 Å². The predicted molar refractivity (Wildman–Crippen MR) is 69.2 cm³/mol. The highest BCUT2D eigenvalue weighted by Crippen LogP contribution is 2.38. The summed E-state index contributed by atoms with van der Waals surface area (Å²) in [5.41, 5.74) is 2.08. The summed E-state index contributed by atoms with van der Waals surface area (Å²) >= 11 is 0. The van der Waals surface area contributed by atoms with E-state index in [1.165, 1.54) is 0 Å². The Labute approximate surface area is 110 Å². The molecular formula is C16H14F2O. The molecule has 0 N–H and O–H groups in total. The Balaban J connectivity index is 1.98. The highest BCUT2D eigenvalue weighted by Gasteiger charge is 2.26. The van der Waals surface area contributed by atoms with Crippen molar-refractivity contribution in [1.82, 2.24) is 0 Å². The number of benzene rings is 2. The maximum Gasteiger partial charge on any atom is 0.201 e. The van der Waals surface area contributed by atoms with Crippen molar-refractivity contribution in [3.05, 3.63) is 64.7 Å². The van der Waals surface area contributed by atoms with Crippen LogP contribution in [0, 0.1) is 18.6 Å². The molecular weight excluding hydrogens is 246 g/mol. The molecule has 0 aromatic heterocycles. The van der Waals surface area contributed by atoms with E-state index in [4.69, 9.17) is 4.74 Å². The average Bonchev–Trinajstić information content (AvgIpc) is 2.46. The second-order valence-corrected chi connectivity index (χ2v) is 4.87. The zero-order chi connectivity index (χ0) is 13.4. The van der Waals surface area contributed by atoms with Crippen LogP contribution >= 0.6 is 0 Å². The summed E-state index contributed by atoms with van der Waals surface area (Å²) in [5, 5.41) is 0.